The van der Waals surface area contributed by atoms with Crippen LogP contribution in [0.5, 0.6) is 17.2 Å². The molecule has 0 amide bonds. The van der Waals surface area contributed by atoms with Crippen LogP contribution in [0.15, 0.2) is 36.4 Å². The fraction of sp³-hybridized carbons (Fsp3) is 0.478. The molecular weight excluding hydrogens is 368 g/mol. The van der Waals surface area contributed by atoms with E-state index in [0.717, 1.165) is 49.5 Å². The number of aliphatic hydroxyl groups is 1. The van der Waals surface area contributed by atoms with Gasteiger partial charge in [-0.15, -0.1) is 0 Å². The predicted octanol–water partition coefficient (Wildman–Crippen LogP) is 2.79. The van der Waals surface area contributed by atoms with Gasteiger partial charge in [-0.25, -0.2) is 0 Å². The number of aromatic hydroxyl groups is 1. The average molecular weight is 401 g/mol. The number of hydrogen-bond donors (Lipinski definition) is 2. The highest BCUT2D eigenvalue weighted by atomic mass is 16.5. The largest absolute Gasteiger partial charge is 0.504 e. The van der Waals surface area contributed by atoms with Gasteiger partial charge in [-0.3, -0.25) is 9.80 Å². The molecule has 0 radical (unpaired) electrons. The third kappa shape index (κ3) is 5.21. The van der Waals surface area contributed by atoms with Crippen LogP contribution in [0.2, 0.25) is 0 Å². The van der Waals surface area contributed by atoms with Crippen molar-refractivity contribution in [3.63, 3.8) is 0 Å². The molecule has 0 unspecified atom stereocenters. The van der Waals surface area contributed by atoms with E-state index in [1.54, 1.807) is 20.3 Å². The molecule has 29 heavy (non-hydrogen) atoms. The molecule has 0 saturated carbocycles. The summed E-state index contributed by atoms with van der Waals surface area (Å²) in [6, 6.07) is 12.2. The maximum atomic E-state index is 10.4. The topological polar surface area (TPSA) is 65.4 Å². The normalized spacial score (nSPS) is 18.0. The number of hydrogen-bond acceptors (Lipinski definition) is 6. The first-order valence-electron chi connectivity index (χ1n) is 10.1. The Morgan fingerprint density at radius 3 is 2.52 bits per heavy atom. The lowest BCUT2D eigenvalue weighted by molar-refractivity contribution is 0.0496. The number of aryl methyl sites for hydroxylation is 1. The van der Waals surface area contributed by atoms with Crippen LogP contribution in [-0.2, 0) is 13.1 Å². The van der Waals surface area contributed by atoms with Gasteiger partial charge in [0.1, 0.15) is 5.75 Å². The molecule has 0 aliphatic carbocycles. The van der Waals surface area contributed by atoms with Crippen LogP contribution in [0.1, 0.15) is 23.1 Å². The fourth-order valence-corrected chi connectivity index (χ4v) is 4.11. The highest BCUT2D eigenvalue weighted by Crippen LogP contribution is 2.31. The van der Waals surface area contributed by atoms with Crippen LogP contribution in [0, 0.1) is 6.92 Å². The number of para-hydroxylation sites is 1. The fourth-order valence-electron chi connectivity index (χ4n) is 4.11. The maximum Gasteiger partial charge on any atom is 0.162 e. The molecule has 2 N–H and O–H groups in total. The van der Waals surface area contributed by atoms with Crippen molar-refractivity contribution >= 4 is 0 Å². The van der Waals surface area contributed by atoms with Crippen LogP contribution >= 0.6 is 0 Å². The Morgan fingerprint density at radius 2 is 1.83 bits per heavy atom. The molecular formula is C23H32N2O4. The summed E-state index contributed by atoms with van der Waals surface area (Å²) < 4.78 is 10.6. The maximum absolute atomic E-state index is 10.4. The van der Waals surface area contributed by atoms with Crippen molar-refractivity contribution in [2.45, 2.75) is 32.5 Å². The Bertz CT molecular complexity index is 811. The minimum absolute atomic E-state index is 0.168. The average Bonchev–Trinajstić information content (AvgIpc) is 2.72. The van der Waals surface area contributed by atoms with E-state index >= 15 is 0 Å². The van der Waals surface area contributed by atoms with Gasteiger partial charge in [0, 0.05) is 50.9 Å². The van der Waals surface area contributed by atoms with Gasteiger partial charge in [0.05, 0.1) is 14.2 Å². The zero-order valence-corrected chi connectivity index (χ0v) is 17.6. The molecule has 6 heteroatoms. The van der Waals surface area contributed by atoms with E-state index in [-0.39, 0.29) is 18.4 Å². The van der Waals surface area contributed by atoms with Crippen LogP contribution in [0.4, 0.5) is 0 Å². The molecule has 3 rings (SSSR count). The first kappa shape index (κ1) is 21.4. The Morgan fingerprint density at radius 1 is 1.03 bits per heavy atom. The second-order valence-corrected chi connectivity index (χ2v) is 7.64. The summed E-state index contributed by atoms with van der Waals surface area (Å²) >= 11 is 0. The molecule has 2 aromatic carbocycles. The molecule has 0 spiro atoms. The van der Waals surface area contributed by atoms with Gasteiger partial charge in [-0.1, -0.05) is 24.3 Å². The molecule has 1 saturated heterocycles. The number of benzene rings is 2. The van der Waals surface area contributed by atoms with Crippen LogP contribution < -0.4 is 9.47 Å². The first-order valence-corrected chi connectivity index (χ1v) is 10.1. The minimum atomic E-state index is 0.168. The van der Waals surface area contributed by atoms with Crippen molar-refractivity contribution in [1.82, 2.24) is 9.80 Å². The summed E-state index contributed by atoms with van der Waals surface area (Å²) in [5.74, 6) is 1.62. The number of phenols is 1. The second-order valence-electron chi connectivity index (χ2n) is 7.64. The highest BCUT2D eigenvalue weighted by molar-refractivity contribution is 5.45. The highest BCUT2D eigenvalue weighted by Gasteiger charge is 2.27. The van der Waals surface area contributed by atoms with E-state index in [1.807, 2.05) is 18.2 Å². The van der Waals surface area contributed by atoms with E-state index in [2.05, 4.69) is 28.9 Å². The van der Waals surface area contributed by atoms with Gasteiger partial charge in [-0.05, 0) is 36.6 Å². The van der Waals surface area contributed by atoms with Crippen molar-refractivity contribution in [3.05, 3.63) is 53.1 Å². The summed E-state index contributed by atoms with van der Waals surface area (Å²) in [4.78, 5) is 4.78. The van der Waals surface area contributed by atoms with Gasteiger partial charge >= 0.3 is 0 Å². The number of piperazine rings is 1. The lowest BCUT2D eigenvalue weighted by Crippen LogP contribution is -2.52. The van der Waals surface area contributed by atoms with Crippen molar-refractivity contribution in [2.24, 2.45) is 0 Å². The molecule has 0 aromatic heterocycles. The third-order valence-electron chi connectivity index (χ3n) is 5.69. The zero-order chi connectivity index (χ0) is 20.8. The monoisotopic (exact) mass is 400 g/mol. The van der Waals surface area contributed by atoms with Crippen LogP contribution in [0.25, 0.3) is 0 Å². The Labute approximate surface area is 173 Å². The van der Waals surface area contributed by atoms with Gasteiger partial charge < -0.3 is 19.7 Å². The van der Waals surface area contributed by atoms with Crippen molar-refractivity contribution < 1.29 is 19.7 Å². The third-order valence-corrected chi connectivity index (χ3v) is 5.69. The molecule has 0 bridgehead atoms. The van der Waals surface area contributed by atoms with E-state index < -0.39 is 0 Å². The van der Waals surface area contributed by atoms with Gasteiger partial charge in [0.15, 0.2) is 11.5 Å². The van der Waals surface area contributed by atoms with Crippen LogP contribution in [0.3, 0.4) is 0 Å². The number of methoxy groups -OCH3 is 2. The minimum Gasteiger partial charge on any atom is -0.504 e. The second kappa shape index (κ2) is 9.96. The molecule has 6 nitrogen and oxygen atoms in total. The zero-order valence-electron chi connectivity index (χ0n) is 17.6. The van der Waals surface area contributed by atoms with Gasteiger partial charge in [0.25, 0.3) is 0 Å². The van der Waals surface area contributed by atoms with Gasteiger partial charge in [0.2, 0.25) is 0 Å². The number of nitrogens with zero attached hydrogens (tertiary/aromatic N) is 2. The number of ether oxygens (including phenoxy) is 2. The molecule has 2 aromatic rings. The molecule has 1 heterocycles. The summed E-state index contributed by atoms with van der Waals surface area (Å²) in [5, 5.41) is 20.0. The Hall–Kier alpha value is -2.28. The lowest BCUT2D eigenvalue weighted by Gasteiger charge is -2.41. The molecule has 1 fully saturated rings. The van der Waals surface area contributed by atoms with Crippen molar-refractivity contribution in [3.8, 4) is 17.2 Å². The number of aliphatic hydroxyl groups excluding tert-OH is 1. The predicted molar refractivity (Wildman–Crippen MR) is 114 cm³/mol. The number of rotatable bonds is 8. The van der Waals surface area contributed by atoms with Crippen LogP contribution in [-0.4, -0.2) is 66.5 Å². The summed E-state index contributed by atoms with van der Waals surface area (Å²) in [6.45, 7) is 6.43. The van der Waals surface area contributed by atoms with Gasteiger partial charge in [-0.2, -0.15) is 0 Å². The lowest BCUT2D eigenvalue weighted by atomic mass is 10.0. The van der Waals surface area contributed by atoms with Crippen molar-refractivity contribution in [2.75, 3.05) is 40.5 Å². The summed E-state index contributed by atoms with van der Waals surface area (Å²) in [7, 11) is 3.26. The first-order chi connectivity index (χ1) is 14.0. The van der Waals surface area contributed by atoms with E-state index in [4.69, 9.17) is 9.47 Å². The number of phenolic OH excluding ortho intramolecular Hbond substituents is 1. The smallest absolute Gasteiger partial charge is 0.162 e. The molecule has 1 aliphatic rings. The summed E-state index contributed by atoms with van der Waals surface area (Å²) in [5.41, 5.74) is 3.26. The van der Waals surface area contributed by atoms with Crippen molar-refractivity contribution in [1.29, 1.82) is 0 Å². The molecule has 158 valence electrons. The Balaban J connectivity index is 1.67. The molecule has 1 aliphatic heterocycles. The standard InChI is InChI=1S/C23H32N2O4/c1-17-13-18(7-8-21(17)28-2)14-25-11-10-24(16-20(25)9-12-26)15-19-5-4-6-22(29-3)23(19)27/h4-8,13,20,26-27H,9-12,14-16H2,1-3H3/t20-/m0/s1. The van der Waals surface area contributed by atoms with E-state index in [9.17, 15) is 10.2 Å². The quantitative estimate of drug-likeness (QED) is 0.710. The molecule has 1 atom stereocenters. The van der Waals surface area contributed by atoms with E-state index in [1.165, 1.54) is 5.56 Å². The SMILES string of the molecule is COc1ccc(CN2CCN(Cc3cccc(OC)c3O)C[C@@H]2CCO)cc1C. The Kier molecular flexibility index (Phi) is 7.36. The van der Waals surface area contributed by atoms with E-state index in [0.29, 0.717) is 12.3 Å². The summed E-state index contributed by atoms with van der Waals surface area (Å²) in [6.07, 6.45) is 0.732.